The maximum absolute atomic E-state index is 12.5. The molecule has 0 aromatic heterocycles. The Bertz CT molecular complexity index is 868. The molecule has 2 aliphatic rings. The first-order valence-electron chi connectivity index (χ1n) is 9.33. The van der Waals surface area contributed by atoms with Gasteiger partial charge in [0.1, 0.15) is 0 Å². The topological polar surface area (TPSA) is 74.7 Å². The summed E-state index contributed by atoms with van der Waals surface area (Å²) in [5.41, 5.74) is 2.78. The van der Waals surface area contributed by atoms with Crippen molar-refractivity contribution in [3.05, 3.63) is 70.8 Å². The molecule has 2 amide bonds. The fourth-order valence-electron chi connectivity index (χ4n) is 4.26. The number of benzene rings is 2. The van der Waals surface area contributed by atoms with Crippen LogP contribution in [-0.2, 0) is 11.3 Å². The Hall–Kier alpha value is -2.95. The van der Waals surface area contributed by atoms with E-state index in [1.165, 1.54) is 4.90 Å². The maximum atomic E-state index is 12.5. The van der Waals surface area contributed by atoms with Gasteiger partial charge in [-0.2, -0.15) is 0 Å². The minimum absolute atomic E-state index is 0.0320. The SMILES string of the molecule is O=C(O)C1CCCCC1c1ccc(CN2C(=O)c3ccccc3C2=O)cc1. The third kappa shape index (κ3) is 3.14. The molecular weight excluding hydrogens is 342 g/mol. The summed E-state index contributed by atoms with van der Waals surface area (Å²) in [7, 11) is 0. The van der Waals surface area contributed by atoms with Crippen molar-refractivity contribution < 1.29 is 19.5 Å². The molecule has 1 aliphatic carbocycles. The second-order valence-corrected chi connectivity index (χ2v) is 7.32. The predicted octanol–water partition coefficient (Wildman–Crippen LogP) is 3.84. The summed E-state index contributed by atoms with van der Waals surface area (Å²) < 4.78 is 0. The first kappa shape index (κ1) is 17.5. The van der Waals surface area contributed by atoms with Gasteiger partial charge in [0.05, 0.1) is 23.6 Å². The largest absolute Gasteiger partial charge is 0.481 e. The molecule has 2 atom stereocenters. The molecule has 1 N–H and O–H groups in total. The number of hydrogen-bond donors (Lipinski definition) is 1. The van der Waals surface area contributed by atoms with Crippen LogP contribution in [0.15, 0.2) is 48.5 Å². The van der Waals surface area contributed by atoms with Crippen LogP contribution in [0, 0.1) is 5.92 Å². The van der Waals surface area contributed by atoms with Crippen molar-refractivity contribution in [2.24, 2.45) is 5.92 Å². The number of fused-ring (bicyclic) bond motifs is 1. The number of hydrogen-bond acceptors (Lipinski definition) is 3. The van der Waals surface area contributed by atoms with Crippen LogP contribution in [0.5, 0.6) is 0 Å². The van der Waals surface area contributed by atoms with Crippen molar-refractivity contribution in [3.8, 4) is 0 Å². The highest BCUT2D eigenvalue weighted by Gasteiger charge is 2.35. The average molecular weight is 363 g/mol. The van der Waals surface area contributed by atoms with Gasteiger partial charge in [0.2, 0.25) is 0 Å². The minimum Gasteiger partial charge on any atom is -0.481 e. The van der Waals surface area contributed by atoms with Crippen LogP contribution < -0.4 is 0 Å². The van der Waals surface area contributed by atoms with E-state index in [1.54, 1.807) is 24.3 Å². The first-order chi connectivity index (χ1) is 13.1. The van der Waals surface area contributed by atoms with Gasteiger partial charge in [-0.25, -0.2) is 0 Å². The highest BCUT2D eigenvalue weighted by Crippen LogP contribution is 2.38. The lowest BCUT2D eigenvalue weighted by molar-refractivity contribution is -0.143. The molecular formula is C22H21NO4. The van der Waals surface area contributed by atoms with E-state index in [2.05, 4.69) is 0 Å². The number of nitrogens with zero attached hydrogens (tertiary/aromatic N) is 1. The van der Waals surface area contributed by atoms with E-state index in [0.29, 0.717) is 11.1 Å². The van der Waals surface area contributed by atoms with E-state index < -0.39 is 5.97 Å². The predicted molar refractivity (Wildman–Crippen MR) is 99.4 cm³/mol. The lowest BCUT2D eigenvalue weighted by atomic mass is 9.75. The number of rotatable bonds is 4. The number of amides is 2. The smallest absolute Gasteiger partial charge is 0.307 e. The van der Waals surface area contributed by atoms with E-state index in [-0.39, 0.29) is 30.2 Å². The summed E-state index contributed by atoms with van der Waals surface area (Å²) in [6.45, 7) is 0.222. The zero-order valence-electron chi connectivity index (χ0n) is 14.9. The quantitative estimate of drug-likeness (QED) is 0.838. The molecule has 1 aliphatic heterocycles. The monoisotopic (exact) mass is 363 g/mol. The molecule has 0 saturated heterocycles. The fraction of sp³-hybridized carbons (Fsp3) is 0.318. The van der Waals surface area contributed by atoms with Gasteiger partial charge in [-0.3, -0.25) is 19.3 Å². The third-order valence-electron chi connectivity index (χ3n) is 5.71. The molecule has 1 saturated carbocycles. The summed E-state index contributed by atoms with van der Waals surface area (Å²) in [6, 6.07) is 14.5. The second-order valence-electron chi connectivity index (χ2n) is 7.32. The van der Waals surface area contributed by atoms with Crippen molar-refractivity contribution in [3.63, 3.8) is 0 Å². The van der Waals surface area contributed by atoms with Crippen LogP contribution in [0.25, 0.3) is 0 Å². The molecule has 5 heteroatoms. The molecule has 1 heterocycles. The van der Waals surface area contributed by atoms with Crippen LogP contribution in [0.3, 0.4) is 0 Å². The number of aliphatic carboxylic acids is 1. The molecule has 1 fully saturated rings. The van der Waals surface area contributed by atoms with E-state index in [4.69, 9.17) is 0 Å². The van der Waals surface area contributed by atoms with E-state index in [9.17, 15) is 19.5 Å². The summed E-state index contributed by atoms with van der Waals surface area (Å²) in [6.07, 6.45) is 3.61. The molecule has 4 rings (SSSR count). The summed E-state index contributed by atoms with van der Waals surface area (Å²) >= 11 is 0. The van der Waals surface area contributed by atoms with Crippen LogP contribution in [0.4, 0.5) is 0 Å². The molecule has 27 heavy (non-hydrogen) atoms. The second kappa shape index (κ2) is 6.99. The van der Waals surface area contributed by atoms with E-state index >= 15 is 0 Å². The van der Waals surface area contributed by atoms with Gasteiger partial charge in [0, 0.05) is 0 Å². The van der Waals surface area contributed by atoms with E-state index in [0.717, 1.165) is 36.8 Å². The minimum atomic E-state index is -0.727. The maximum Gasteiger partial charge on any atom is 0.307 e. The van der Waals surface area contributed by atoms with Crippen molar-refractivity contribution in [2.45, 2.75) is 38.1 Å². The molecule has 0 bridgehead atoms. The van der Waals surface area contributed by atoms with Gasteiger partial charge in [-0.05, 0) is 42.0 Å². The molecule has 2 aromatic rings. The van der Waals surface area contributed by atoms with Gasteiger partial charge in [0.15, 0.2) is 0 Å². The Morgan fingerprint density at radius 2 is 1.52 bits per heavy atom. The fourth-order valence-corrected chi connectivity index (χ4v) is 4.26. The standard InChI is InChI=1S/C22H21NO4/c24-20-17-6-2-3-7-18(17)21(25)23(20)13-14-9-11-15(12-10-14)16-5-1-4-8-19(16)22(26)27/h2-3,6-7,9-12,16,19H,1,4-5,8,13H2,(H,26,27). The molecule has 2 unspecified atom stereocenters. The van der Waals surface area contributed by atoms with Crippen molar-refractivity contribution in [2.75, 3.05) is 0 Å². The first-order valence-corrected chi connectivity index (χ1v) is 9.33. The number of imide groups is 1. The van der Waals surface area contributed by atoms with Crippen LogP contribution in [-0.4, -0.2) is 27.8 Å². The van der Waals surface area contributed by atoms with Gasteiger partial charge in [0.25, 0.3) is 11.8 Å². The molecule has 2 aromatic carbocycles. The number of carbonyl (C=O) groups is 3. The highest BCUT2D eigenvalue weighted by molar-refractivity contribution is 6.21. The van der Waals surface area contributed by atoms with Crippen molar-refractivity contribution >= 4 is 17.8 Å². The normalized spacial score (nSPS) is 22.0. The van der Waals surface area contributed by atoms with Gasteiger partial charge in [-0.1, -0.05) is 49.2 Å². The van der Waals surface area contributed by atoms with E-state index in [1.807, 2.05) is 24.3 Å². The summed E-state index contributed by atoms with van der Waals surface area (Å²) in [5.74, 6) is -1.56. The number of carboxylic acids is 1. The third-order valence-corrected chi connectivity index (χ3v) is 5.71. The van der Waals surface area contributed by atoms with Gasteiger partial charge < -0.3 is 5.11 Å². The van der Waals surface area contributed by atoms with Gasteiger partial charge >= 0.3 is 5.97 Å². The Morgan fingerprint density at radius 3 is 2.11 bits per heavy atom. The van der Waals surface area contributed by atoms with Crippen LogP contribution in [0.2, 0.25) is 0 Å². The lowest BCUT2D eigenvalue weighted by Gasteiger charge is -2.29. The summed E-state index contributed by atoms with van der Waals surface area (Å²) in [5, 5.41) is 9.48. The van der Waals surface area contributed by atoms with Gasteiger partial charge in [-0.15, -0.1) is 0 Å². The van der Waals surface area contributed by atoms with Crippen LogP contribution in [0.1, 0.15) is 63.4 Å². The average Bonchev–Trinajstić information content (AvgIpc) is 2.94. The molecule has 0 radical (unpaired) electrons. The zero-order chi connectivity index (χ0) is 19.0. The molecule has 138 valence electrons. The van der Waals surface area contributed by atoms with Crippen LogP contribution >= 0.6 is 0 Å². The molecule has 5 nitrogen and oxygen atoms in total. The Morgan fingerprint density at radius 1 is 0.926 bits per heavy atom. The summed E-state index contributed by atoms with van der Waals surface area (Å²) in [4.78, 5) is 37.8. The number of carboxylic acid groups (broad SMARTS) is 1. The molecule has 0 spiro atoms. The van der Waals surface area contributed by atoms with Crippen molar-refractivity contribution in [1.82, 2.24) is 4.90 Å². The lowest BCUT2D eigenvalue weighted by Crippen LogP contribution is -2.29. The Kier molecular flexibility index (Phi) is 4.52. The Labute approximate surface area is 157 Å². The number of carbonyl (C=O) groups excluding carboxylic acids is 2. The highest BCUT2D eigenvalue weighted by atomic mass is 16.4. The Balaban J connectivity index is 1.51. The zero-order valence-corrected chi connectivity index (χ0v) is 14.9. The van der Waals surface area contributed by atoms with Crippen molar-refractivity contribution in [1.29, 1.82) is 0 Å².